The van der Waals surface area contributed by atoms with E-state index in [-0.39, 0.29) is 5.41 Å². The largest absolute Gasteiger partial charge is 0.439 e. The number of benzene rings is 1. The van der Waals surface area contributed by atoms with Gasteiger partial charge in [-0.3, -0.25) is 5.21 Å². The smallest absolute Gasteiger partial charge is 0.224 e. The lowest BCUT2D eigenvalue weighted by atomic mass is 9.81. The summed E-state index contributed by atoms with van der Waals surface area (Å²) in [5.41, 5.74) is 4.51. The summed E-state index contributed by atoms with van der Waals surface area (Å²) < 4.78 is 5.98. The van der Waals surface area contributed by atoms with Gasteiger partial charge in [-0.2, -0.15) is 0 Å². The lowest BCUT2D eigenvalue weighted by molar-refractivity contribution is 0.135. The number of aromatic nitrogens is 1. The molecule has 3 N–H and O–H groups in total. The van der Waals surface area contributed by atoms with Crippen molar-refractivity contribution in [1.82, 2.24) is 20.7 Å². The van der Waals surface area contributed by atoms with Gasteiger partial charge >= 0.3 is 0 Å². The molecule has 0 radical (unpaired) electrons. The molecular weight excluding hydrogens is 438 g/mol. The second kappa shape index (κ2) is 11.9. The van der Waals surface area contributed by atoms with Crippen LogP contribution in [0.25, 0.3) is 0 Å². The lowest BCUT2D eigenvalue weighted by Crippen LogP contribution is -2.50. The van der Waals surface area contributed by atoms with E-state index in [0.717, 1.165) is 42.9 Å². The van der Waals surface area contributed by atoms with Gasteiger partial charge in [-0.25, -0.2) is 15.5 Å². The lowest BCUT2D eigenvalue weighted by Gasteiger charge is -2.41. The van der Waals surface area contributed by atoms with Crippen LogP contribution in [0.15, 0.2) is 47.6 Å². The minimum atomic E-state index is 0.285. The van der Waals surface area contributed by atoms with Crippen LogP contribution in [0.5, 0.6) is 11.6 Å². The molecule has 1 fully saturated rings. The quantitative estimate of drug-likeness (QED) is 0.301. The van der Waals surface area contributed by atoms with E-state index in [9.17, 15) is 5.21 Å². The van der Waals surface area contributed by atoms with Crippen molar-refractivity contribution in [2.75, 3.05) is 13.1 Å². The van der Waals surface area contributed by atoms with Crippen LogP contribution in [0.3, 0.4) is 0 Å². The van der Waals surface area contributed by atoms with Crippen LogP contribution in [0, 0.1) is 11.3 Å². The molecule has 1 aromatic carbocycles. The van der Waals surface area contributed by atoms with E-state index in [1.165, 1.54) is 32.1 Å². The van der Waals surface area contributed by atoms with Gasteiger partial charge in [-0.15, -0.1) is 0 Å². The van der Waals surface area contributed by atoms with Crippen LogP contribution < -0.4 is 15.5 Å². The number of hydroxylamine groups is 1. The summed E-state index contributed by atoms with van der Waals surface area (Å²) in [4.78, 5) is 11.4. The summed E-state index contributed by atoms with van der Waals surface area (Å²) in [7, 11) is 0. The molecule has 1 saturated carbocycles. The van der Waals surface area contributed by atoms with Crippen molar-refractivity contribution in [3.05, 3.63) is 48.2 Å². The number of para-hydroxylation sites is 1. The van der Waals surface area contributed by atoms with Gasteiger partial charge in [0.25, 0.3) is 0 Å². The number of aliphatic imine (C=N–C) groups is 1. The van der Waals surface area contributed by atoms with Crippen LogP contribution in [-0.4, -0.2) is 40.2 Å². The van der Waals surface area contributed by atoms with Gasteiger partial charge in [0, 0.05) is 24.2 Å². The fraction of sp³-hybridized carbons (Fsp3) is 0.571. The molecule has 1 aliphatic carbocycles. The predicted molar refractivity (Wildman–Crippen MR) is 140 cm³/mol. The molecule has 4 rings (SSSR count). The molecule has 7 nitrogen and oxygen atoms in total. The number of nitrogens with zero attached hydrogens (tertiary/aromatic N) is 3. The van der Waals surface area contributed by atoms with Gasteiger partial charge in [0.05, 0.1) is 11.9 Å². The first-order valence-electron chi connectivity index (χ1n) is 13.1. The molecule has 2 heterocycles. The van der Waals surface area contributed by atoms with E-state index in [2.05, 4.69) is 41.5 Å². The summed E-state index contributed by atoms with van der Waals surface area (Å²) >= 11 is 0. The van der Waals surface area contributed by atoms with Crippen molar-refractivity contribution in [2.45, 2.75) is 78.3 Å². The number of hydrogen-bond acceptors (Lipinski definition) is 7. The predicted octanol–water partition coefficient (Wildman–Crippen LogP) is 6.02. The Morgan fingerprint density at radius 3 is 2.63 bits per heavy atom. The number of guanidine groups is 1. The fourth-order valence-corrected chi connectivity index (χ4v) is 5.23. The minimum absolute atomic E-state index is 0.285. The molecule has 0 amide bonds. The number of hydrogen-bond donors (Lipinski definition) is 3. The fourth-order valence-electron chi connectivity index (χ4n) is 5.23. The minimum Gasteiger partial charge on any atom is -0.439 e. The highest BCUT2D eigenvalue weighted by atomic mass is 16.5. The van der Waals surface area contributed by atoms with E-state index in [1.807, 2.05) is 36.4 Å². The van der Waals surface area contributed by atoms with Crippen molar-refractivity contribution in [2.24, 2.45) is 16.3 Å². The van der Waals surface area contributed by atoms with Gasteiger partial charge in [-0.05, 0) is 62.2 Å². The van der Waals surface area contributed by atoms with Crippen molar-refractivity contribution in [3.8, 4) is 11.6 Å². The molecule has 35 heavy (non-hydrogen) atoms. The van der Waals surface area contributed by atoms with Crippen molar-refractivity contribution < 1.29 is 9.94 Å². The number of pyridine rings is 1. The molecule has 2 aliphatic rings. The first-order valence-corrected chi connectivity index (χ1v) is 13.1. The van der Waals surface area contributed by atoms with Crippen molar-refractivity contribution in [1.29, 1.82) is 0 Å². The van der Waals surface area contributed by atoms with Crippen molar-refractivity contribution in [3.63, 3.8) is 0 Å². The summed E-state index contributed by atoms with van der Waals surface area (Å²) in [6.45, 7) is 9.47. The molecule has 0 unspecified atom stereocenters. The highest BCUT2D eigenvalue weighted by Crippen LogP contribution is 2.36. The highest BCUT2D eigenvalue weighted by Gasteiger charge is 2.33. The molecule has 1 aliphatic heterocycles. The molecule has 0 spiro atoms. The van der Waals surface area contributed by atoms with Crippen LogP contribution in [0.1, 0.15) is 71.3 Å². The van der Waals surface area contributed by atoms with Gasteiger partial charge in [0.15, 0.2) is 0 Å². The zero-order chi connectivity index (χ0) is 24.7. The summed E-state index contributed by atoms with van der Waals surface area (Å²) in [6, 6.07) is 12.0. The molecular formula is C28H41N5O2. The van der Waals surface area contributed by atoms with Gasteiger partial charge in [0.2, 0.25) is 11.8 Å². The number of rotatable bonds is 9. The van der Waals surface area contributed by atoms with Gasteiger partial charge in [-0.1, -0.05) is 58.2 Å². The third-order valence-corrected chi connectivity index (χ3v) is 6.95. The van der Waals surface area contributed by atoms with Crippen LogP contribution in [0.2, 0.25) is 0 Å². The SMILES string of the molecule is CC(C)(C)CNCCC[C@H](C1CCCCC1)N1Cc2cc(Oc3ccccc3)ncc2N=C1NO. The first kappa shape index (κ1) is 25.5. The zero-order valence-corrected chi connectivity index (χ0v) is 21.5. The maximum Gasteiger partial charge on any atom is 0.224 e. The Hall–Kier alpha value is -2.64. The average molecular weight is 480 g/mol. The third kappa shape index (κ3) is 7.18. The number of nitrogens with one attached hydrogen (secondary N) is 2. The molecule has 1 aromatic heterocycles. The summed E-state index contributed by atoms with van der Waals surface area (Å²) in [5.74, 6) is 2.45. The second-order valence-corrected chi connectivity index (χ2v) is 11.1. The Labute approximate surface area is 210 Å². The number of ether oxygens (including phenoxy) is 1. The normalized spacial score (nSPS) is 17.5. The molecule has 0 bridgehead atoms. The molecule has 1 atom stereocenters. The summed E-state index contributed by atoms with van der Waals surface area (Å²) in [6.07, 6.45) is 10.3. The Bertz CT molecular complexity index is 967. The van der Waals surface area contributed by atoms with Crippen molar-refractivity contribution >= 4 is 11.6 Å². The van der Waals surface area contributed by atoms with E-state index in [1.54, 1.807) is 6.20 Å². The Morgan fingerprint density at radius 1 is 1.14 bits per heavy atom. The average Bonchev–Trinajstić information content (AvgIpc) is 2.86. The van der Waals surface area contributed by atoms with E-state index in [4.69, 9.17) is 9.73 Å². The molecule has 2 aromatic rings. The topological polar surface area (TPSA) is 82.0 Å². The third-order valence-electron chi connectivity index (χ3n) is 6.95. The maximum atomic E-state index is 10.0. The zero-order valence-electron chi connectivity index (χ0n) is 21.5. The highest BCUT2D eigenvalue weighted by molar-refractivity contribution is 5.84. The van der Waals surface area contributed by atoms with Crippen LogP contribution in [0.4, 0.5) is 5.69 Å². The standard InChI is InChI=1S/C28H41N5O2/c1-28(2,3)20-29-16-10-15-25(21-11-6-4-7-12-21)33-19-22-17-26(35-23-13-8-5-9-14-23)30-18-24(22)31-27(33)32-34/h5,8-9,13-14,17-18,21,25,29,34H,4,6-7,10-12,15-16,19-20H2,1-3H3,(H,31,32)/t25-/m1/s1. The van der Waals surface area contributed by atoms with Gasteiger partial charge in [0.1, 0.15) is 5.75 Å². The molecule has 7 heteroatoms. The molecule has 190 valence electrons. The summed E-state index contributed by atoms with van der Waals surface area (Å²) in [5, 5.41) is 13.6. The maximum absolute atomic E-state index is 10.0. The Kier molecular flexibility index (Phi) is 8.63. The number of fused-ring (bicyclic) bond motifs is 1. The monoisotopic (exact) mass is 479 g/mol. The van der Waals surface area contributed by atoms with Crippen LogP contribution >= 0.6 is 0 Å². The second-order valence-electron chi connectivity index (χ2n) is 11.1. The van der Waals surface area contributed by atoms with Crippen LogP contribution in [-0.2, 0) is 6.54 Å². The van der Waals surface area contributed by atoms with E-state index in [0.29, 0.717) is 30.3 Å². The Morgan fingerprint density at radius 2 is 1.91 bits per heavy atom. The van der Waals surface area contributed by atoms with E-state index < -0.39 is 0 Å². The molecule has 0 saturated heterocycles. The first-order chi connectivity index (χ1) is 16.9. The van der Waals surface area contributed by atoms with Gasteiger partial charge < -0.3 is 15.0 Å². The Balaban J connectivity index is 1.50. The van der Waals surface area contributed by atoms with E-state index >= 15 is 0 Å².